The molecule has 8 saturated carbocycles. The van der Waals surface area contributed by atoms with Crippen LogP contribution in [0.1, 0.15) is 107 Å². The number of aromatic nitrogens is 4. The highest BCUT2D eigenvalue weighted by molar-refractivity contribution is 7.89. The minimum absolute atomic E-state index is 0.135. The van der Waals surface area contributed by atoms with Crippen molar-refractivity contribution in [1.29, 1.82) is 0 Å². The number of amides is 1. The molecule has 404 valence electrons. The number of hydrogen-bond donors (Lipinski definition) is 6. The number of benzene rings is 4. The van der Waals surface area contributed by atoms with Crippen LogP contribution in [-0.2, 0) is 24.8 Å². The quantitative estimate of drug-likeness (QED) is 0.0605. The van der Waals surface area contributed by atoms with Crippen LogP contribution in [0.15, 0.2) is 120 Å². The second-order valence-electron chi connectivity index (χ2n) is 24.0. The van der Waals surface area contributed by atoms with E-state index < -0.39 is 32.3 Å². The number of nitrogens with one attached hydrogen (secondary N) is 3. The molecule has 8 unspecified atom stereocenters. The van der Waals surface area contributed by atoms with Crippen molar-refractivity contribution in [2.45, 2.75) is 130 Å². The first kappa shape index (κ1) is 50.7. The van der Waals surface area contributed by atoms with Crippen LogP contribution in [-0.4, -0.2) is 76.3 Å². The maximum absolute atomic E-state index is 15.0. The number of carbonyl (C=O) groups excluding carboxylic acids is 1. The van der Waals surface area contributed by atoms with Gasteiger partial charge in [0.15, 0.2) is 0 Å². The molecule has 19 heteroatoms. The number of imidazole rings is 2. The number of hydrogen-bond acceptors (Lipinski definition) is 10. The first-order valence-electron chi connectivity index (χ1n) is 27.1. The number of halogens is 2. The summed E-state index contributed by atoms with van der Waals surface area (Å²) in [7, 11) is -7.42. The molecule has 6 aromatic rings. The largest absolute Gasteiger partial charge is 0.399 e. The number of nitrogens with two attached hydrogens (primary N) is 1. The Morgan fingerprint density at radius 2 is 1.04 bits per heavy atom. The number of rotatable bonds is 13. The number of fused-ring (bicyclic) bond motifs is 6. The fraction of sp³-hybridized carbons (Fsp3) is 0.466. The summed E-state index contributed by atoms with van der Waals surface area (Å²) in [5.74, 6) is 0.871. The van der Waals surface area contributed by atoms with Crippen LogP contribution >= 0.6 is 0 Å². The van der Waals surface area contributed by atoms with Gasteiger partial charge in [-0.15, -0.1) is 0 Å². The molecule has 8 aliphatic carbocycles. The van der Waals surface area contributed by atoms with Gasteiger partial charge in [-0.2, -0.15) is 0 Å². The van der Waals surface area contributed by atoms with Crippen molar-refractivity contribution in [3.05, 3.63) is 133 Å². The first-order chi connectivity index (χ1) is 36.9. The van der Waals surface area contributed by atoms with Crippen molar-refractivity contribution >= 4 is 37.3 Å². The van der Waals surface area contributed by atoms with E-state index >= 15 is 4.39 Å². The van der Waals surface area contributed by atoms with Crippen LogP contribution in [0.25, 0.3) is 22.5 Å². The Bertz CT molecular complexity index is 3490. The van der Waals surface area contributed by atoms with Crippen LogP contribution in [0.3, 0.4) is 0 Å². The van der Waals surface area contributed by atoms with Gasteiger partial charge in [-0.05, 0) is 184 Å². The van der Waals surface area contributed by atoms with Crippen molar-refractivity contribution in [1.82, 2.24) is 28.5 Å². The number of nitrogen functional groups attached to an aromatic ring is 1. The summed E-state index contributed by atoms with van der Waals surface area (Å²) in [5, 5.41) is 26.2. The molecule has 2 aliphatic heterocycles. The summed E-state index contributed by atoms with van der Waals surface area (Å²) >= 11 is 0. The number of aliphatic hydroxyl groups is 2. The first-order valence-corrected chi connectivity index (χ1v) is 30.1. The highest BCUT2D eigenvalue weighted by atomic mass is 32.2. The predicted molar refractivity (Wildman–Crippen MR) is 285 cm³/mol. The second kappa shape index (κ2) is 18.6. The van der Waals surface area contributed by atoms with Crippen LogP contribution in [0.2, 0.25) is 0 Å². The van der Waals surface area contributed by atoms with E-state index in [4.69, 9.17) is 5.73 Å². The van der Waals surface area contributed by atoms with Crippen molar-refractivity contribution in [2.75, 3.05) is 11.1 Å². The molecule has 0 saturated heterocycles. The number of carbonyl (C=O) groups is 1. The standard InChI is InChI=1S/C30H33FN4O4S.C28H31FN4O3S/c1-17(36)33-21-5-7-22(8-6-21)40(38,39)34-29-19-9-18-10-20(29)14-30(12-18,13-19)27(37)11-25-28-23(3-2-4-24(28)31)26-15-32-16-35(25)26;29-22-3-1-2-21-24-14-31-15-33(24)23(26(21)22)10-25(34)28-11-16-8-17(12-28)27(18(9-16)13-28)32-37(35,36)20-6-4-19(30)5-7-20/h2-8,15-16,18-20,25,27,29,34,37H,9-14H2,1H3,(H,33,36);1-7,14-18,23,25,27,32,34H,8-13,30H2. The maximum atomic E-state index is 15.0. The minimum atomic E-state index is -3.75. The van der Waals surface area contributed by atoms with E-state index in [-0.39, 0.29) is 86.0 Å². The van der Waals surface area contributed by atoms with Gasteiger partial charge in [-0.1, -0.05) is 24.3 Å². The van der Waals surface area contributed by atoms with Gasteiger partial charge in [0.1, 0.15) is 11.6 Å². The molecule has 77 heavy (non-hydrogen) atoms. The average molecular weight is 1090 g/mol. The van der Waals surface area contributed by atoms with E-state index in [9.17, 15) is 36.2 Å². The Morgan fingerprint density at radius 3 is 1.44 bits per heavy atom. The Labute approximate surface area is 447 Å². The average Bonchev–Trinajstić information content (AvgIpc) is 4.21. The van der Waals surface area contributed by atoms with Crippen LogP contribution < -0.4 is 20.5 Å². The highest BCUT2D eigenvalue weighted by Gasteiger charge is 2.60. The SMILES string of the molecule is CC(=O)Nc1ccc(S(=O)(=O)NC2C3CC4CC2CC(C(O)CC2c5c(F)cccc5-c5cncn52)(C4)C3)cc1.Nc1ccc(S(=O)(=O)NC2C3CC4CC2CC(C(O)CC2c5c(F)cccc5-c5cncn52)(C4)C3)cc1. The van der Waals surface area contributed by atoms with Crippen LogP contribution in [0, 0.1) is 58.0 Å². The predicted octanol–water partition coefficient (Wildman–Crippen LogP) is 8.57. The van der Waals surface area contributed by atoms with Crippen LogP contribution in [0.4, 0.5) is 20.2 Å². The zero-order chi connectivity index (χ0) is 53.3. The molecule has 8 fully saturated rings. The lowest BCUT2D eigenvalue weighted by Gasteiger charge is -2.61. The fourth-order valence-electron chi connectivity index (χ4n) is 16.8. The minimum Gasteiger partial charge on any atom is -0.399 e. The zero-order valence-electron chi connectivity index (χ0n) is 42.7. The summed E-state index contributed by atoms with van der Waals surface area (Å²) in [5.41, 5.74) is 10.9. The third-order valence-electron chi connectivity index (χ3n) is 19.5. The molecule has 0 radical (unpaired) electrons. The van der Waals surface area contributed by atoms with Crippen molar-refractivity contribution in [2.24, 2.45) is 46.3 Å². The van der Waals surface area contributed by atoms with Gasteiger partial charge in [-0.3, -0.25) is 4.79 Å². The van der Waals surface area contributed by atoms with E-state index in [1.54, 1.807) is 73.6 Å². The molecule has 4 aromatic carbocycles. The number of aliphatic hydroxyl groups excluding tert-OH is 2. The molecule has 16 rings (SSSR count). The molecule has 7 N–H and O–H groups in total. The smallest absolute Gasteiger partial charge is 0.240 e. The molecule has 8 bridgehead atoms. The Kier molecular flexibility index (Phi) is 12.3. The molecular weight excluding hydrogens is 1020 g/mol. The highest BCUT2D eigenvalue weighted by Crippen LogP contribution is 2.64. The summed E-state index contributed by atoms with van der Waals surface area (Å²) in [6, 6.07) is 21.8. The van der Waals surface area contributed by atoms with Crippen molar-refractivity contribution < 1.29 is 40.6 Å². The third kappa shape index (κ3) is 8.65. The second-order valence-corrected chi connectivity index (χ2v) is 27.5. The normalized spacial score (nSPS) is 31.4. The number of sulfonamides is 2. The summed E-state index contributed by atoms with van der Waals surface area (Å²) in [4.78, 5) is 20.3. The Morgan fingerprint density at radius 1 is 0.636 bits per heavy atom. The van der Waals surface area contributed by atoms with Gasteiger partial charge >= 0.3 is 0 Å². The van der Waals surface area contributed by atoms with E-state index in [0.717, 1.165) is 86.7 Å². The molecule has 10 aliphatic rings. The van der Waals surface area contributed by atoms with E-state index in [1.165, 1.54) is 31.2 Å². The number of anilines is 2. The molecule has 0 spiro atoms. The number of nitrogens with zero attached hydrogens (tertiary/aromatic N) is 4. The lowest BCUT2D eigenvalue weighted by atomic mass is 9.46. The lowest BCUT2D eigenvalue weighted by molar-refractivity contribution is -0.134. The fourth-order valence-corrected chi connectivity index (χ4v) is 19.6. The Balaban J connectivity index is 0.000000147. The molecule has 15 nitrogen and oxygen atoms in total. The monoisotopic (exact) mass is 1090 g/mol. The van der Waals surface area contributed by atoms with Crippen molar-refractivity contribution in [3.63, 3.8) is 0 Å². The lowest BCUT2D eigenvalue weighted by Crippen LogP contribution is -2.61. The zero-order valence-corrected chi connectivity index (χ0v) is 44.3. The molecule has 1 amide bonds. The molecular formula is C58H64F2N8O7S2. The molecule has 2 aromatic heterocycles. The van der Waals surface area contributed by atoms with Gasteiger partial charge in [0.25, 0.3) is 0 Å². The van der Waals surface area contributed by atoms with Gasteiger partial charge in [0.2, 0.25) is 26.0 Å². The van der Waals surface area contributed by atoms with E-state index in [1.807, 2.05) is 21.3 Å². The van der Waals surface area contributed by atoms with Gasteiger partial charge in [0.05, 0.1) is 70.5 Å². The van der Waals surface area contributed by atoms with Gasteiger partial charge in [0, 0.05) is 52.6 Å². The summed E-state index contributed by atoms with van der Waals surface area (Å²) in [6.07, 6.45) is 15.3. The summed E-state index contributed by atoms with van der Waals surface area (Å²) < 4.78 is 93.1. The van der Waals surface area contributed by atoms with Crippen molar-refractivity contribution in [3.8, 4) is 22.5 Å². The molecule has 4 heterocycles. The van der Waals surface area contributed by atoms with Gasteiger partial charge in [-0.25, -0.2) is 45.0 Å². The van der Waals surface area contributed by atoms with Crippen LogP contribution in [0.5, 0.6) is 0 Å². The summed E-state index contributed by atoms with van der Waals surface area (Å²) in [6.45, 7) is 1.40. The molecule has 8 atom stereocenters. The van der Waals surface area contributed by atoms with Gasteiger partial charge < -0.3 is 30.4 Å². The maximum Gasteiger partial charge on any atom is 0.240 e. The van der Waals surface area contributed by atoms with E-state index in [2.05, 4.69) is 24.7 Å². The third-order valence-corrected chi connectivity index (χ3v) is 22.5. The Hall–Kier alpha value is -5.83. The topological polar surface area (TPSA) is 224 Å². The van der Waals surface area contributed by atoms with E-state index in [0.29, 0.717) is 47.2 Å².